The fourth-order valence-corrected chi connectivity index (χ4v) is 2.01. The molecule has 0 saturated carbocycles. The number of benzene rings is 2. The van der Waals surface area contributed by atoms with Crippen molar-refractivity contribution >= 4 is 5.97 Å². The molecule has 0 radical (unpaired) electrons. The Morgan fingerprint density at radius 3 is 2.61 bits per heavy atom. The third-order valence-electron chi connectivity index (χ3n) is 3.39. The first-order valence-corrected chi connectivity index (χ1v) is 7.53. The summed E-state index contributed by atoms with van der Waals surface area (Å²) in [6.07, 6.45) is 0.245. The van der Waals surface area contributed by atoms with Crippen LogP contribution >= 0.6 is 0 Å². The normalized spacial score (nSPS) is 12.7. The van der Waals surface area contributed by atoms with E-state index in [4.69, 9.17) is 10.5 Å². The van der Waals surface area contributed by atoms with E-state index >= 15 is 0 Å². The molecule has 2 rings (SSSR count). The van der Waals surface area contributed by atoms with Gasteiger partial charge in [-0.25, -0.2) is 0 Å². The molecule has 0 unspecified atom stereocenters. The standard InChI is InChI=1S/C20H21NO2/c1-16-8-6-11-17(14-16)12-7-13-20(2,21)19(22)23-15-18-9-4-3-5-10-18/h3-6,8-11,14H,13,15,21H2,1-2H3/t20-/m0/s1. The molecule has 1 atom stereocenters. The number of nitrogens with two attached hydrogens (primary N) is 1. The summed E-state index contributed by atoms with van der Waals surface area (Å²) in [5.41, 5.74) is 7.92. The molecule has 3 heteroatoms. The van der Waals surface area contributed by atoms with Gasteiger partial charge in [-0.3, -0.25) is 4.79 Å². The molecule has 0 amide bonds. The van der Waals surface area contributed by atoms with Crippen LogP contribution in [0, 0.1) is 18.8 Å². The van der Waals surface area contributed by atoms with Gasteiger partial charge in [0.15, 0.2) is 0 Å². The van der Waals surface area contributed by atoms with Gasteiger partial charge in [-0.1, -0.05) is 54.3 Å². The Morgan fingerprint density at radius 2 is 1.91 bits per heavy atom. The molecule has 0 aliphatic rings. The highest BCUT2D eigenvalue weighted by atomic mass is 16.5. The zero-order chi connectivity index (χ0) is 16.7. The Bertz CT molecular complexity index is 724. The van der Waals surface area contributed by atoms with Crippen molar-refractivity contribution in [2.45, 2.75) is 32.4 Å². The molecule has 2 aromatic carbocycles. The van der Waals surface area contributed by atoms with Crippen molar-refractivity contribution in [3.05, 3.63) is 71.3 Å². The van der Waals surface area contributed by atoms with Crippen LogP contribution in [0.2, 0.25) is 0 Å². The maximum Gasteiger partial charge on any atom is 0.327 e. The molecule has 0 saturated heterocycles. The lowest BCUT2D eigenvalue weighted by Gasteiger charge is -2.19. The first-order valence-electron chi connectivity index (χ1n) is 7.53. The number of ether oxygens (including phenoxy) is 1. The van der Waals surface area contributed by atoms with Gasteiger partial charge in [-0.2, -0.15) is 0 Å². The predicted octanol–water partition coefficient (Wildman–Crippen LogP) is 3.20. The molecule has 2 N–H and O–H groups in total. The van der Waals surface area contributed by atoms with Crippen molar-refractivity contribution in [3.8, 4) is 11.8 Å². The lowest BCUT2D eigenvalue weighted by molar-refractivity contribution is -0.150. The second-order valence-corrected chi connectivity index (χ2v) is 5.83. The van der Waals surface area contributed by atoms with Gasteiger partial charge in [0, 0.05) is 12.0 Å². The van der Waals surface area contributed by atoms with Gasteiger partial charge < -0.3 is 10.5 Å². The van der Waals surface area contributed by atoms with Crippen molar-refractivity contribution in [2.24, 2.45) is 5.73 Å². The minimum atomic E-state index is -1.12. The van der Waals surface area contributed by atoms with Crippen LogP contribution < -0.4 is 5.73 Å². The van der Waals surface area contributed by atoms with Crippen molar-refractivity contribution in [3.63, 3.8) is 0 Å². The number of rotatable bonds is 4. The summed E-state index contributed by atoms with van der Waals surface area (Å²) < 4.78 is 5.28. The van der Waals surface area contributed by atoms with Crippen LogP contribution in [0.25, 0.3) is 0 Å². The molecule has 0 aliphatic heterocycles. The average molecular weight is 307 g/mol. The number of hydrogen-bond acceptors (Lipinski definition) is 3. The SMILES string of the molecule is Cc1cccc(C#CC[C@](C)(N)C(=O)OCc2ccccc2)c1. The molecule has 2 aromatic rings. The smallest absolute Gasteiger partial charge is 0.327 e. The molecule has 0 bridgehead atoms. The molecule has 0 aromatic heterocycles. The quantitative estimate of drug-likeness (QED) is 0.697. The van der Waals surface area contributed by atoms with E-state index in [1.165, 1.54) is 0 Å². The first-order chi connectivity index (χ1) is 11.0. The van der Waals surface area contributed by atoms with Crippen LogP contribution in [-0.4, -0.2) is 11.5 Å². The topological polar surface area (TPSA) is 52.3 Å². The highest BCUT2D eigenvalue weighted by Crippen LogP contribution is 2.10. The van der Waals surface area contributed by atoms with E-state index in [2.05, 4.69) is 11.8 Å². The Labute approximate surface area is 137 Å². The largest absolute Gasteiger partial charge is 0.459 e. The minimum Gasteiger partial charge on any atom is -0.459 e. The van der Waals surface area contributed by atoms with Crippen LogP contribution in [0.3, 0.4) is 0 Å². The summed E-state index contributed by atoms with van der Waals surface area (Å²) >= 11 is 0. The van der Waals surface area contributed by atoms with Gasteiger partial charge in [0.2, 0.25) is 0 Å². The molecule has 0 heterocycles. The predicted molar refractivity (Wildman–Crippen MR) is 91.5 cm³/mol. The molecular formula is C20H21NO2. The van der Waals surface area contributed by atoms with Gasteiger partial charge in [-0.05, 0) is 37.1 Å². The van der Waals surface area contributed by atoms with E-state index in [1.807, 2.05) is 61.5 Å². The number of carbonyl (C=O) groups excluding carboxylic acids is 1. The molecule has 118 valence electrons. The van der Waals surface area contributed by atoms with Gasteiger partial charge in [0.05, 0.1) is 0 Å². The Hall–Kier alpha value is -2.57. The van der Waals surface area contributed by atoms with E-state index in [-0.39, 0.29) is 13.0 Å². The molecule has 0 spiro atoms. The van der Waals surface area contributed by atoms with E-state index in [0.717, 1.165) is 16.7 Å². The second kappa shape index (κ2) is 7.62. The Balaban J connectivity index is 1.92. The third kappa shape index (κ3) is 5.28. The molecule has 0 fully saturated rings. The summed E-state index contributed by atoms with van der Waals surface area (Å²) in [5.74, 6) is 5.56. The van der Waals surface area contributed by atoms with Crippen LogP contribution in [0.15, 0.2) is 54.6 Å². The zero-order valence-electron chi connectivity index (χ0n) is 13.5. The number of hydrogen-bond donors (Lipinski definition) is 1. The van der Waals surface area contributed by atoms with Crippen molar-refractivity contribution in [2.75, 3.05) is 0 Å². The summed E-state index contributed by atoms with van der Waals surface area (Å²) in [7, 11) is 0. The zero-order valence-corrected chi connectivity index (χ0v) is 13.5. The van der Waals surface area contributed by atoms with E-state index in [0.29, 0.717) is 0 Å². The third-order valence-corrected chi connectivity index (χ3v) is 3.39. The summed E-state index contributed by atoms with van der Waals surface area (Å²) in [6.45, 7) is 3.88. The van der Waals surface area contributed by atoms with E-state index in [1.54, 1.807) is 6.92 Å². The molecular weight excluding hydrogens is 286 g/mol. The van der Waals surface area contributed by atoms with Gasteiger partial charge >= 0.3 is 5.97 Å². The fourth-order valence-electron chi connectivity index (χ4n) is 2.01. The minimum absolute atomic E-state index is 0.220. The highest BCUT2D eigenvalue weighted by Gasteiger charge is 2.29. The monoisotopic (exact) mass is 307 g/mol. The van der Waals surface area contributed by atoms with Crippen LogP contribution in [0.1, 0.15) is 30.0 Å². The molecule has 0 aliphatic carbocycles. The number of aryl methyl sites for hydroxylation is 1. The maximum atomic E-state index is 12.1. The summed E-state index contributed by atoms with van der Waals surface area (Å²) in [5, 5.41) is 0. The van der Waals surface area contributed by atoms with Crippen LogP contribution in [0.4, 0.5) is 0 Å². The van der Waals surface area contributed by atoms with Crippen molar-refractivity contribution < 1.29 is 9.53 Å². The van der Waals surface area contributed by atoms with Crippen molar-refractivity contribution in [1.82, 2.24) is 0 Å². The Morgan fingerprint density at radius 1 is 1.17 bits per heavy atom. The summed E-state index contributed by atoms with van der Waals surface area (Å²) in [6, 6.07) is 17.4. The first kappa shape index (κ1) is 16.8. The molecule has 23 heavy (non-hydrogen) atoms. The fraction of sp³-hybridized carbons (Fsp3) is 0.250. The summed E-state index contributed by atoms with van der Waals surface area (Å²) in [4.78, 5) is 12.1. The van der Waals surface area contributed by atoms with Gasteiger partial charge in [0.25, 0.3) is 0 Å². The second-order valence-electron chi connectivity index (χ2n) is 5.83. The number of esters is 1. The lowest BCUT2D eigenvalue weighted by Crippen LogP contribution is -2.45. The van der Waals surface area contributed by atoms with E-state index < -0.39 is 11.5 Å². The van der Waals surface area contributed by atoms with Gasteiger partial charge in [-0.15, -0.1) is 0 Å². The molecule has 3 nitrogen and oxygen atoms in total. The van der Waals surface area contributed by atoms with Crippen molar-refractivity contribution in [1.29, 1.82) is 0 Å². The van der Waals surface area contributed by atoms with Crippen LogP contribution in [0.5, 0.6) is 0 Å². The average Bonchev–Trinajstić information content (AvgIpc) is 2.53. The van der Waals surface area contributed by atoms with Gasteiger partial charge in [0.1, 0.15) is 12.1 Å². The Kier molecular flexibility index (Phi) is 5.56. The number of carbonyl (C=O) groups is 1. The maximum absolute atomic E-state index is 12.1. The van der Waals surface area contributed by atoms with Crippen LogP contribution in [-0.2, 0) is 16.1 Å². The van der Waals surface area contributed by atoms with E-state index in [9.17, 15) is 4.79 Å². The highest BCUT2D eigenvalue weighted by molar-refractivity contribution is 5.80. The lowest BCUT2D eigenvalue weighted by atomic mass is 9.99.